The molecule has 0 N–H and O–H groups in total. The fourth-order valence-electron chi connectivity index (χ4n) is 0.213. The molecule has 1 nitrogen and oxygen atoms in total. The SMILES string of the molecule is [2H]c1nc([2H])c([2H])c(F)c1[2H]. The molecule has 2 heteroatoms. The van der Waals surface area contributed by atoms with Gasteiger partial charge in [0.2, 0.25) is 0 Å². The minimum absolute atomic E-state index is 0.608. The van der Waals surface area contributed by atoms with Crippen LogP contribution in [0, 0.1) is 5.82 Å². The molecule has 0 radical (unpaired) electrons. The number of nitrogens with zero attached hydrogens (tertiary/aromatic N) is 1. The first-order chi connectivity index (χ1) is 5.04. The van der Waals surface area contributed by atoms with Gasteiger partial charge in [-0.3, -0.25) is 4.98 Å². The maximum atomic E-state index is 12.6. The third-order valence-corrected chi connectivity index (χ3v) is 0.443. The Morgan fingerprint density at radius 3 is 2.71 bits per heavy atom. The molecule has 0 aromatic carbocycles. The standard InChI is InChI=1S/C5H4FN/c6-5-1-3-7-4-2-5/h1-4H/i1D,2D,3D,4D. The Morgan fingerprint density at radius 1 is 1.57 bits per heavy atom. The summed E-state index contributed by atoms with van der Waals surface area (Å²) < 4.78 is 40.0. The summed E-state index contributed by atoms with van der Waals surface area (Å²) in [6, 6.07) is -1.46. The zero-order chi connectivity index (χ0) is 8.59. The summed E-state index contributed by atoms with van der Waals surface area (Å²) in [7, 11) is 0. The molecule has 0 fully saturated rings. The second-order valence-corrected chi connectivity index (χ2v) is 0.899. The van der Waals surface area contributed by atoms with Crippen LogP contribution in [0.5, 0.6) is 0 Å². The van der Waals surface area contributed by atoms with E-state index in [-0.39, 0.29) is 0 Å². The van der Waals surface area contributed by atoms with E-state index < -0.39 is 30.2 Å². The van der Waals surface area contributed by atoms with Gasteiger partial charge in [-0.05, 0) is 12.1 Å². The maximum absolute atomic E-state index is 12.6. The zero-order valence-electron chi connectivity index (χ0n) is 7.33. The van der Waals surface area contributed by atoms with Gasteiger partial charge in [-0.1, -0.05) is 0 Å². The maximum Gasteiger partial charge on any atom is 0.126 e. The molecule has 0 aliphatic heterocycles. The number of aromatic nitrogens is 1. The van der Waals surface area contributed by atoms with E-state index >= 15 is 0 Å². The predicted octanol–water partition coefficient (Wildman–Crippen LogP) is 1.22. The van der Waals surface area contributed by atoms with Crippen LogP contribution in [-0.4, -0.2) is 4.98 Å². The van der Waals surface area contributed by atoms with Crippen LogP contribution in [-0.2, 0) is 0 Å². The molecule has 0 saturated heterocycles. The molecular weight excluding hydrogens is 93.1 g/mol. The molecule has 0 saturated carbocycles. The molecule has 0 atom stereocenters. The topological polar surface area (TPSA) is 12.9 Å². The molecule has 7 heavy (non-hydrogen) atoms. The van der Waals surface area contributed by atoms with Gasteiger partial charge in [-0.25, -0.2) is 4.39 Å². The van der Waals surface area contributed by atoms with E-state index in [0.717, 1.165) is 0 Å². The van der Waals surface area contributed by atoms with Crippen molar-refractivity contribution in [2.24, 2.45) is 0 Å². The normalized spacial score (nSPS) is 16.7. The molecule has 0 aliphatic carbocycles. The van der Waals surface area contributed by atoms with Crippen molar-refractivity contribution in [1.29, 1.82) is 0 Å². The lowest BCUT2D eigenvalue weighted by Gasteiger charge is -1.78. The fourth-order valence-corrected chi connectivity index (χ4v) is 0.213. The third-order valence-electron chi connectivity index (χ3n) is 0.443. The minimum atomic E-state index is -1.16. The lowest BCUT2D eigenvalue weighted by Crippen LogP contribution is -1.69. The van der Waals surface area contributed by atoms with Crippen LogP contribution in [0.3, 0.4) is 0 Å². The van der Waals surface area contributed by atoms with Gasteiger partial charge in [0.25, 0.3) is 0 Å². The van der Waals surface area contributed by atoms with Crippen LogP contribution >= 0.6 is 0 Å². The Bertz CT molecular complexity index is 275. The van der Waals surface area contributed by atoms with E-state index in [4.69, 9.17) is 5.48 Å². The largest absolute Gasteiger partial charge is 0.265 e. The van der Waals surface area contributed by atoms with Gasteiger partial charge in [-0.2, -0.15) is 0 Å². The highest BCUT2D eigenvalue weighted by molar-refractivity contribution is 4.92. The quantitative estimate of drug-likeness (QED) is 0.478. The average molecular weight is 101 g/mol. The van der Waals surface area contributed by atoms with E-state index in [1.165, 1.54) is 0 Å². The highest BCUT2D eigenvalue weighted by atomic mass is 19.1. The van der Waals surface area contributed by atoms with Crippen LogP contribution in [0.4, 0.5) is 4.39 Å². The van der Waals surface area contributed by atoms with Crippen LogP contribution in [0.25, 0.3) is 0 Å². The molecule has 1 rings (SSSR count). The summed E-state index contributed by atoms with van der Waals surface area (Å²) in [6.45, 7) is 0. The number of pyridine rings is 1. The van der Waals surface area contributed by atoms with Crippen LogP contribution in [0.15, 0.2) is 24.4 Å². The van der Waals surface area contributed by atoms with Crippen molar-refractivity contribution in [2.45, 2.75) is 0 Å². The van der Waals surface area contributed by atoms with Gasteiger partial charge in [0, 0.05) is 12.3 Å². The van der Waals surface area contributed by atoms with E-state index in [2.05, 4.69) is 4.98 Å². The van der Waals surface area contributed by atoms with Crippen molar-refractivity contribution >= 4 is 0 Å². The average Bonchev–Trinajstić information content (AvgIpc) is 1.97. The van der Waals surface area contributed by atoms with Crippen molar-refractivity contribution < 1.29 is 9.87 Å². The third kappa shape index (κ3) is 0.961. The lowest BCUT2D eigenvalue weighted by atomic mass is 10.5. The number of hydrogen-bond acceptors (Lipinski definition) is 1. The molecule has 0 unspecified atom stereocenters. The molecule has 36 valence electrons. The fraction of sp³-hybridized carbons (Fsp3) is 0. The van der Waals surface area contributed by atoms with Gasteiger partial charge in [0.1, 0.15) is 5.82 Å². The van der Waals surface area contributed by atoms with E-state index in [9.17, 15) is 4.39 Å². The van der Waals surface area contributed by atoms with E-state index in [0.29, 0.717) is 0 Å². The second kappa shape index (κ2) is 1.69. The highest BCUT2D eigenvalue weighted by Crippen LogP contribution is 1.88. The summed E-state index contributed by atoms with van der Waals surface area (Å²) in [5.41, 5.74) is 0. The summed E-state index contributed by atoms with van der Waals surface area (Å²) in [4.78, 5) is 3.15. The molecule has 1 aromatic rings. The number of halogens is 1. The number of hydrogen-bond donors (Lipinski definition) is 0. The molecule has 0 amide bonds. The van der Waals surface area contributed by atoms with Gasteiger partial charge in [0.15, 0.2) is 0 Å². The second-order valence-electron chi connectivity index (χ2n) is 0.899. The lowest BCUT2D eigenvalue weighted by molar-refractivity contribution is 0.625. The Kier molecular flexibility index (Phi) is 0.372. The Hall–Kier alpha value is -0.920. The first-order valence-corrected chi connectivity index (χ1v) is 1.64. The van der Waals surface area contributed by atoms with Gasteiger partial charge in [0.05, 0.1) is 5.48 Å². The van der Waals surface area contributed by atoms with Crippen molar-refractivity contribution in [3.63, 3.8) is 0 Å². The molecule has 0 spiro atoms. The van der Waals surface area contributed by atoms with Crippen molar-refractivity contribution in [2.75, 3.05) is 0 Å². The summed E-state index contributed by atoms with van der Waals surface area (Å²) >= 11 is 0. The van der Waals surface area contributed by atoms with E-state index in [1.54, 1.807) is 0 Å². The van der Waals surface area contributed by atoms with Crippen LogP contribution < -0.4 is 0 Å². The van der Waals surface area contributed by atoms with Crippen molar-refractivity contribution in [3.8, 4) is 0 Å². The van der Waals surface area contributed by atoms with Crippen LogP contribution in [0.1, 0.15) is 5.48 Å². The van der Waals surface area contributed by atoms with Crippen LogP contribution in [0.2, 0.25) is 0 Å². The van der Waals surface area contributed by atoms with E-state index in [1.807, 2.05) is 0 Å². The monoisotopic (exact) mass is 101 g/mol. The molecule has 0 bridgehead atoms. The predicted molar refractivity (Wildman–Crippen MR) is 24.2 cm³/mol. The summed E-state index contributed by atoms with van der Waals surface area (Å²) in [5, 5.41) is 0. The first kappa shape index (κ1) is 1.54. The van der Waals surface area contributed by atoms with Crippen molar-refractivity contribution in [1.82, 2.24) is 4.98 Å². The first-order valence-electron chi connectivity index (χ1n) is 3.64. The zero-order valence-corrected chi connectivity index (χ0v) is 3.33. The smallest absolute Gasteiger partial charge is 0.126 e. The van der Waals surface area contributed by atoms with Crippen molar-refractivity contribution in [3.05, 3.63) is 30.2 Å². The highest BCUT2D eigenvalue weighted by Gasteiger charge is 1.78. The Labute approximate surface area is 46.4 Å². The number of rotatable bonds is 0. The summed E-state index contributed by atoms with van der Waals surface area (Å²) in [6.07, 6.45) is -1.22. The Balaban J connectivity index is 3.46. The summed E-state index contributed by atoms with van der Waals surface area (Å²) in [5.74, 6) is -1.16. The van der Waals surface area contributed by atoms with Gasteiger partial charge in [-0.15, -0.1) is 0 Å². The molecular formula is C5H4FN. The van der Waals surface area contributed by atoms with Gasteiger partial charge >= 0.3 is 0 Å². The minimum Gasteiger partial charge on any atom is -0.265 e. The molecule has 0 aliphatic rings. The molecule has 1 heterocycles. The Morgan fingerprint density at radius 2 is 2.14 bits per heavy atom. The van der Waals surface area contributed by atoms with Gasteiger partial charge < -0.3 is 0 Å². The molecule has 1 aromatic heterocycles.